The molecule has 0 aliphatic heterocycles. The van der Waals surface area contributed by atoms with E-state index in [0.29, 0.717) is 5.95 Å². The molecule has 17 heavy (non-hydrogen) atoms. The highest BCUT2D eigenvalue weighted by molar-refractivity contribution is 5.58. The van der Waals surface area contributed by atoms with Gasteiger partial charge in [-0.05, 0) is 11.8 Å². The Kier molecular flexibility index (Phi) is 2.60. The highest BCUT2D eigenvalue weighted by atomic mass is 16.6. The van der Waals surface area contributed by atoms with Crippen molar-refractivity contribution < 1.29 is 4.92 Å². The molecule has 1 aliphatic rings. The fourth-order valence-corrected chi connectivity index (χ4v) is 1.61. The van der Waals surface area contributed by atoms with E-state index in [1.807, 2.05) is 0 Å². The fourth-order valence-electron chi connectivity index (χ4n) is 1.61. The summed E-state index contributed by atoms with van der Waals surface area (Å²) in [7, 11) is 1.67. The number of nitro groups is 1. The van der Waals surface area contributed by atoms with Gasteiger partial charge in [-0.3, -0.25) is 10.1 Å². The SMILES string of the molecule is CNc1ncc([N+](=O)[O-])c(NC2CC2(C)C)n1. The van der Waals surface area contributed by atoms with Gasteiger partial charge in [-0.15, -0.1) is 0 Å². The monoisotopic (exact) mass is 237 g/mol. The maximum absolute atomic E-state index is 10.8. The molecule has 1 aliphatic carbocycles. The first-order valence-electron chi connectivity index (χ1n) is 5.40. The Bertz CT molecular complexity index is 460. The molecule has 7 nitrogen and oxygen atoms in total. The van der Waals surface area contributed by atoms with Gasteiger partial charge in [0, 0.05) is 13.1 Å². The Morgan fingerprint density at radius 1 is 1.59 bits per heavy atom. The van der Waals surface area contributed by atoms with Crippen LogP contribution < -0.4 is 10.6 Å². The lowest BCUT2D eigenvalue weighted by Crippen LogP contribution is -2.12. The second-order valence-electron chi connectivity index (χ2n) is 4.82. The van der Waals surface area contributed by atoms with E-state index in [-0.39, 0.29) is 23.0 Å². The third kappa shape index (κ3) is 2.27. The first kappa shape index (κ1) is 11.6. The zero-order valence-corrected chi connectivity index (χ0v) is 10.0. The minimum atomic E-state index is -0.475. The van der Waals surface area contributed by atoms with Gasteiger partial charge in [0.2, 0.25) is 11.8 Å². The van der Waals surface area contributed by atoms with Crippen molar-refractivity contribution in [1.29, 1.82) is 0 Å². The van der Waals surface area contributed by atoms with Crippen LogP contribution in [0.2, 0.25) is 0 Å². The van der Waals surface area contributed by atoms with E-state index in [1.54, 1.807) is 7.05 Å². The number of hydrogen-bond acceptors (Lipinski definition) is 6. The van der Waals surface area contributed by atoms with Crippen LogP contribution in [0.5, 0.6) is 0 Å². The lowest BCUT2D eigenvalue weighted by atomic mass is 10.2. The van der Waals surface area contributed by atoms with E-state index < -0.39 is 4.92 Å². The van der Waals surface area contributed by atoms with Crippen molar-refractivity contribution in [1.82, 2.24) is 9.97 Å². The molecule has 0 bridgehead atoms. The van der Waals surface area contributed by atoms with Crippen LogP contribution in [0.3, 0.4) is 0 Å². The molecule has 0 amide bonds. The molecule has 1 unspecified atom stereocenters. The van der Waals surface area contributed by atoms with Crippen LogP contribution in [0.15, 0.2) is 6.20 Å². The lowest BCUT2D eigenvalue weighted by Gasteiger charge is -2.08. The number of aromatic nitrogens is 2. The van der Waals surface area contributed by atoms with Gasteiger partial charge in [-0.25, -0.2) is 4.98 Å². The van der Waals surface area contributed by atoms with Gasteiger partial charge in [0.15, 0.2) is 0 Å². The van der Waals surface area contributed by atoms with Crippen molar-refractivity contribution in [2.75, 3.05) is 17.7 Å². The Morgan fingerprint density at radius 2 is 2.24 bits per heavy atom. The Morgan fingerprint density at radius 3 is 2.71 bits per heavy atom. The molecule has 0 spiro atoms. The first-order valence-corrected chi connectivity index (χ1v) is 5.40. The first-order chi connectivity index (χ1) is 7.94. The zero-order valence-electron chi connectivity index (χ0n) is 10.0. The highest BCUT2D eigenvalue weighted by Crippen LogP contribution is 2.47. The summed E-state index contributed by atoms with van der Waals surface area (Å²) in [6, 6.07) is 0.237. The summed E-state index contributed by atoms with van der Waals surface area (Å²) in [5, 5.41) is 16.7. The summed E-state index contributed by atoms with van der Waals surface area (Å²) in [5.74, 6) is 0.654. The van der Waals surface area contributed by atoms with Crippen molar-refractivity contribution in [3.8, 4) is 0 Å². The van der Waals surface area contributed by atoms with Crippen LogP contribution in [0.4, 0.5) is 17.5 Å². The van der Waals surface area contributed by atoms with Gasteiger partial charge < -0.3 is 10.6 Å². The van der Waals surface area contributed by atoms with E-state index >= 15 is 0 Å². The number of anilines is 2. The van der Waals surface area contributed by atoms with Crippen LogP contribution >= 0.6 is 0 Å². The fraction of sp³-hybridized carbons (Fsp3) is 0.600. The molecule has 1 aromatic heterocycles. The Labute approximate surface area is 98.8 Å². The third-order valence-electron chi connectivity index (χ3n) is 3.01. The molecule has 0 saturated heterocycles. The second-order valence-corrected chi connectivity index (χ2v) is 4.82. The largest absolute Gasteiger partial charge is 0.361 e. The minimum Gasteiger partial charge on any atom is -0.361 e. The summed E-state index contributed by atoms with van der Waals surface area (Å²) < 4.78 is 0. The summed E-state index contributed by atoms with van der Waals surface area (Å²) in [6.07, 6.45) is 2.21. The van der Waals surface area contributed by atoms with Crippen LogP contribution in [0.25, 0.3) is 0 Å². The molecule has 92 valence electrons. The minimum absolute atomic E-state index is 0.0910. The maximum Gasteiger partial charge on any atom is 0.329 e. The molecule has 1 aromatic rings. The molecular formula is C10H15N5O2. The average Bonchev–Trinajstić information content (AvgIpc) is 2.85. The lowest BCUT2D eigenvalue weighted by molar-refractivity contribution is -0.384. The molecule has 1 heterocycles. The predicted octanol–water partition coefficient (Wildman–Crippen LogP) is 1.64. The van der Waals surface area contributed by atoms with Crippen LogP contribution in [0.1, 0.15) is 20.3 Å². The number of nitrogens with one attached hydrogen (secondary N) is 2. The van der Waals surface area contributed by atoms with E-state index in [4.69, 9.17) is 0 Å². The quantitative estimate of drug-likeness (QED) is 0.610. The standard InChI is InChI=1S/C10H15N5O2/c1-10(2)4-7(10)13-8-6(15(16)17)5-12-9(11-3)14-8/h5,7H,4H2,1-3H3,(H2,11,12,13,14). The topological polar surface area (TPSA) is 93.0 Å². The predicted molar refractivity (Wildman–Crippen MR) is 64.0 cm³/mol. The van der Waals surface area contributed by atoms with E-state index in [9.17, 15) is 10.1 Å². The van der Waals surface area contributed by atoms with Gasteiger partial charge in [0.1, 0.15) is 6.20 Å². The Balaban J connectivity index is 2.26. The zero-order chi connectivity index (χ0) is 12.6. The molecule has 2 rings (SSSR count). The highest BCUT2D eigenvalue weighted by Gasteiger charge is 2.46. The van der Waals surface area contributed by atoms with Crippen molar-refractivity contribution in [2.24, 2.45) is 5.41 Å². The summed E-state index contributed by atoms with van der Waals surface area (Å²) in [5.41, 5.74) is 0.0882. The third-order valence-corrected chi connectivity index (χ3v) is 3.01. The molecule has 2 N–H and O–H groups in total. The summed E-state index contributed by atoms with van der Waals surface area (Å²) in [4.78, 5) is 18.3. The van der Waals surface area contributed by atoms with Gasteiger partial charge in [0.25, 0.3) is 0 Å². The van der Waals surface area contributed by atoms with E-state index in [0.717, 1.165) is 6.42 Å². The van der Waals surface area contributed by atoms with Gasteiger partial charge in [-0.2, -0.15) is 4.98 Å². The van der Waals surface area contributed by atoms with Gasteiger partial charge >= 0.3 is 5.69 Å². The smallest absolute Gasteiger partial charge is 0.329 e. The van der Waals surface area contributed by atoms with Gasteiger partial charge in [0.05, 0.1) is 4.92 Å². The molecule has 1 saturated carbocycles. The second kappa shape index (κ2) is 3.83. The molecule has 0 radical (unpaired) electrons. The molecular weight excluding hydrogens is 222 g/mol. The maximum atomic E-state index is 10.8. The number of rotatable bonds is 4. The average molecular weight is 237 g/mol. The molecule has 7 heteroatoms. The normalized spacial score (nSPS) is 20.8. The molecule has 1 fully saturated rings. The van der Waals surface area contributed by atoms with Crippen molar-refractivity contribution in [3.05, 3.63) is 16.3 Å². The summed E-state index contributed by atoms with van der Waals surface area (Å²) in [6.45, 7) is 4.22. The van der Waals surface area contributed by atoms with E-state index in [1.165, 1.54) is 6.20 Å². The number of hydrogen-bond donors (Lipinski definition) is 2. The molecule has 1 atom stereocenters. The van der Waals surface area contributed by atoms with E-state index in [2.05, 4.69) is 34.4 Å². The number of nitrogens with zero attached hydrogens (tertiary/aromatic N) is 3. The van der Waals surface area contributed by atoms with Crippen LogP contribution in [-0.4, -0.2) is 28.0 Å². The van der Waals surface area contributed by atoms with Gasteiger partial charge in [-0.1, -0.05) is 13.8 Å². The van der Waals surface area contributed by atoms with Crippen molar-refractivity contribution in [3.63, 3.8) is 0 Å². The Hall–Kier alpha value is -1.92. The summed E-state index contributed by atoms with van der Waals surface area (Å²) >= 11 is 0. The van der Waals surface area contributed by atoms with Crippen LogP contribution in [-0.2, 0) is 0 Å². The van der Waals surface area contributed by atoms with Crippen molar-refractivity contribution in [2.45, 2.75) is 26.3 Å². The molecule has 0 aromatic carbocycles. The van der Waals surface area contributed by atoms with Crippen molar-refractivity contribution >= 4 is 17.5 Å². The van der Waals surface area contributed by atoms with Crippen LogP contribution in [0, 0.1) is 15.5 Å².